The molecule has 0 saturated heterocycles. The second-order valence-electron chi connectivity index (χ2n) is 5.70. The van der Waals surface area contributed by atoms with Gasteiger partial charge in [0.2, 0.25) is 5.91 Å². The van der Waals surface area contributed by atoms with Crippen LogP contribution >= 0.6 is 11.8 Å². The lowest BCUT2D eigenvalue weighted by atomic mass is 9.88. The van der Waals surface area contributed by atoms with Crippen LogP contribution in [0.1, 0.15) is 43.8 Å². The van der Waals surface area contributed by atoms with Crippen LogP contribution in [-0.2, 0) is 4.79 Å². The molecule has 0 aliphatic heterocycles. The molecule has 1 fully saturated rings. The Morgan fingerprint density at radius 2 is 1.96 bits per heavy atom. The van der Waals surface area contributed by atoms with Gasteiger partial charge in [0, 0.05) is 11.6 Å². The lowest BCUT2D eigenvalue weighted by Gasteiger charge is -2.22. The molecule has 122 valence electrons. The predicted octanol–water partition coefficient (Wildman–Crippen LogP) is 2.40. The lowest BCUT2D eigenvalue weighted by molar-refractivity contribution is -0.118. The van der Waals surface area contributed by atoms with E-state index in [9.17, 15) is 4.79 Å². The van der Waals surface area contributed by atoms with Gasteiger partial charge in [-0.1, -0.05) is 49.2 Å². The van der Waals surface area contributed by atoms with E-state index in [1.807, 2.05) is 30.3 Å². The van der Waals surface area contributed by atoms with Crippen LogP contribution in [0.25, 0.3) is 5.69 Å². The maximum absolute atomic E-state index is 11.4. The molecule has 6 nitrogen and oxygen atoms in total. The molecule has 0 atom stereocenters. The fourth-order valence-corrected chi connectivity index (χ4v) is 3.76. The number of carbonyl (C=O) groups is 1. The third kappa shape index (κ3) is 3.73. The van der Waals surface area contributed by atoms with Crippen LogP contribution in [-0.4, -0.2) is 26.4 Å². The molecule has 1 amide bonds. The van der Waals surface area contributed by atoms with Crippen molar-refractivity contribution < 1.29 is 4.79 Å². The predicted molar refractivity (Wildman–Crippen MR) is 90.2 cm³/mol. The van der Waals surface area contributed by atoms with Gasteiger partial charge in [0.05, 0.1) is 5.75 Å². The van der Waals surface area contributed by atoms with E-state index in [2.05, 4.69) is 20.2 Å². The number of nitrogens with zero attached hydrogens (tertiary/aromatic N) is 3. The van der Waals surface area contributed by atoms with Gasteiger partial charge < -0.3 is 0 Å². The minimum atomic E-state index is -0.225. The highest BCUT2D eigenvalue weighted by Gasteiger charge is 2.24. The molecular weight excluding hydrogens is 310 g/mol. The number of hydrazine groups is 1. The third-order valence-corrected chi connectivity index (χ3v) is 5.07. The van der Waals surface area contributed by atoms with Crippen LogP contribution in [0.4, 0.5) is 0 Å². The molecule has 1 aliphatic rings. The van der Waals surface area contributed by atoms with Crippen molar-refractivity contribution in [2.45, 2.75) is 43.2 Å². The quantitative estimate of drug-likeness (QED) is 0.380. The number of benzene rings is 1. The molecule has 2 aromatic rings. The minimum Gasteiger partial charge on any atom is -0.294 e. The molecule has 0 unspecified atom stereocenters. The van der Waals surface area contributed by atoms with Crippen molar-refractivity contribution in [1.29, 1.82) is 0 Å². The molecule has 0 radical (unpaired) electrons. The monoisotopic (exact) mass is 331 g/mol. The van der Waals surface area contributed by atoms with Gasteiger partial charge in [0.25, 0.3) is 0 Å². The molecule has 3 N–H and O–H groups in total. The van der Waals surface area contributed by atoms with Gasteiger partial charge in [0.15, 0.2) is 5.16 Å². The minimum absolute atomic E-state index is 0.225. The van der Waals surface area contributed by atoms with E-state index in [0.717, 1.165) is 29.5 Å². The van der Waals surface area contributed by atoms with Crippen molar-refractivity contribution in [2.75, 3.05) is 5.75 Å². The highest BCUT2D eigenvalue weighted by molar-refractivity contribution is 7.99. The smallest absolute Gasteiger partial charge is 0.244 e. The number of carbonyl (C=O) groups excluding carboxylic acids is 1. The van der Waals surface area contributed by atoms with E-state index in [1.165, 1.54) is 31.0 Å². The summed E-state index contributed by atoms with van der Waals surface area (Å²) < 4.78 is 2.09. The second kappa shape index (κ2) is 7.61. The summed E-state index contributed by atoms with van der Waals surface area (Å²) in [7, 11) is 0. The standard InChI is InChI=1S/C16H21N5OS/c17-18-14(22)11-23-16-20-19-15(12-7-3-1-4-8-12)21(16)13-9-5-2-6-10-13/h2,5-6,9-10,12H,1,3-4,7-8,11,17H2,(H,18,22). The molecule has 1 heterocycles. The first kappa shape index (κ1) is 16.0. The third-order valence-electron chi connectivity index (χ3n) is 4.14. The van der Waals surface area contributed by atoms with Crippen LogP contribution in [0.5, 0.6) is 0 Å². The molecule has 3 rings (SSSR count). The second-order valence-corrected chi connectivity index (χ2v) is 6.65. The number of hydrogen-bond acceptors (Lipinski definition) is 5. The zero-order chi connectivity index (χ0) is 16.1. The van der Waals surface area contributed by atoms with Gasteiger partial charge >= 0.3 is 0 Å². The number of thioether (sulfide) groups is 1. The number of rotatable bonds is 5. The van der Waals surface area contributed by atoms with Crippen molar-refractivity contribution in [3.8, 4) is 5.69 Å². The summed E-state index contributed by atoms with van der Waals surface area (Å²) in [6, 6.07) is 10.1. The number of para-hydroxylation sites is 1. The fraction of sp³-hybridized carbons (Fsp3) is 0.438. The summed E-state index contributed by atoms with van der Waals surface area (Å²) in [6.07, 6.45) is 6.08. The Bertz CT molecular complexity index is 652. The summed E-state index contributed by atoms with van der Waals surface area (Å²) in [4.78, 5) is 11.4. The first-order chi connectivity index (χ1) is 11.3. The van der Waals surface area contributed by atoms with E-state index in [-0.39, 0.29) is 11.7 Å². The Hall–Kier alpha value is -1.86. The molecule has 7 heteroatoms. The van der Waals surface area contributed by atoms with Gasteiger partial charge in [-0.3, -0.25) is 14.8 Å². The summed E-state index contributed by atoms with van der Waals surface area (Å²) >= 11 is 1.36. The molecule has 0 bridgehead atoms. The molecule has 1 aromatic heterocycles. The summed E-state index contributed by atoms with van der Waals surface area (Å²) in [5.74, 6) is 6.60. The van der Waals surface area contributed by atoms with Crippen molar-refractivity contribution in [1.82, 2.24) is 20.2 Å². The fourth-order valence-electron chi connectivity index (χ4n) is 2.99. The van der Waals surface area contributed by atoms with Crippen LogP contribution in [0.3, 0.4) is 0 Å². The lowest BCUT2D eigenvalue weighted by Crippen LogP contribution is -2.31. The maximum Gasteiger partial charge on any atom is 0.244 e. The zero-order valence-corrected chi connectivity index (χ0v) is 13.8. The molecule has 23 heavy (non-hydrogen) atoms. The Morgan fingerprint density at radius 3 is 2.65 bits per heavy atom. The van der Waals surface area contributed by atoms with Crippen molar-refractivity contribution in [3.63, 3.8) is 0 Å². The summed E-state index contributed by atoms with van der Waals surface area (Å²) in [5, 5.41) is 9.51. The largest absolute Gasteiger partial charge is 0.294 e. The van der Waals surface area contributed by atoms with Crippen molar-refractivity contribution >= 4 is 17.7 Å². The Balaban J connectivity index is 1.93. The van der Waals surface area contributed by atoms with Crippen LogP contribution in [0.15, 0.2) is 35.5 Å². The molecule has 1 aliphatic carbocycles. The van der Waals surface area contributed by atoms with Crippen LogP contribution < -0.4 is 11.3 Å². The molecule has 1 aromatic carbocycles. The van der Waals surface area contributed by atoms with Gasteiger partial charge in [-0.05, 0) is 25.0 Å². The van der Waals surface area contributed by atoms with E-state index in [4.69, 9.17) is 5.84 Å². The van der Waals surface area contributed by atoms with Crippen molar-refractivity contribution in [2.24, 2.45) is 5.84 Å². The Labute approximate surface area is 139 Å². The number of nitrogens with two attached hydrogens (primary N) is 1. The normalized spacial score (nSPS) is 15.5. The van der Waals surface area contributed by atoms with Crippen LogP contribution in [0.2, 0.25) is 0 Å². The molecule has 0 spiro atoms. The van der Waals surface area contributed by atoms with Gasteiger partial charge in [0.1, 0.15) is 5.82 Å². The number of nitrogens with one attached hydrogen (secondary N) is 1. The van der Waals surface area contributed by atoms with Gasteiger partial charge in [-0.2, -0.15) is 0 Å². The Kier molecular flexibility index (Phi) is 5.30. The molecule has 1 saturated carbocycles. The SMILES string of the molecule is NNC(=O)CSc1nnc(C2CCCCC2)n1-c1ccccc1. The van der Waals surface area contributed by atoms with Gasteiger partial charge in [-0.25, -0.2) is 5.84 Å². The van der Waals surface area contributed by atoms with Gasteiger partial charge in [-0.15, -0.1) is 10.2 Å². The van der Waals surface area contributed by atoms with E-state index in [1.54, 1.807) is 0 Å². The summed E-state index contributed by atoms with van der Waals surface area (Å²) in [5.41, 5.74) is 3.18. The first-order valence-electron chi connectivity index (χ1n) is 7.92. The summed E-state index contributed by atoms with van der Waals surface area (Å²) in [6.45, 7) is 0. The average molecular weight is 331 g/mol. The van der Waals surface area contributed by atoms with E-state index >= 15 is 0 Å². The topological polar surface area (TPSA) is 85.8 Å². The highest BCUT2D eigenvalue weighted by atomic mass is 32.2. The number of aromatic nitrogens is 3. The van der Waals surface area contributed by atoms with Crippen LogP contribution in [0, 0.1) is 0 Å². The molecular formula is C16H21N5OS. The first-order valence-corrected chi connectivity index (χ1v) is 8.91. The number of hydrogen-bond donors (Lipinski definition) is 2. The highest BCUT2D eigenvalue weighted by Crippen LogP contribution is 2.34. The van der Waals surface area contributed by atoms with E-state index < -0.39 is 0 Å². The van der Waals surface area contributed by atoms with Crippen molar-refractivity contribution in [3.05, 3.63) is 36.2 Å². The Morgan fingerprint density at radius 1 is 1.22 bits per heavy atom. The zero-order valence-electron chi connectivity index (χ0n) is 12.9. The number of amides is 1. The maximum atomic E-state index is 11.4. The average Bonchev–Trinajstić information content (AvgIpc) is 3.05. The van der Waals surface area contributed by atoms with E-state index in [0.29, 0.717) is 5.92 Å².